The highest BCUT2D eigenvalue weighted by atomic mass is 32.2. The van der Waals surface area contributed by atoms with Crippen LogP contribution < -0.4 is 0 Å². The van der Waals surface area contributed by atoms with Crippen molar-refractivity contribution in [3.05, 3.63) is 0 Å². The van der Waals surface area contributed by atoms with Crippen molar-refractivity contribution in [1.29, 1.82) is 0 Å². The van der Waals surface area contributed by atoms with E-state index < -0.39 is 0 Å². The minimum Gasteiger partial charge on any atom is -0.141 e. The van der Waals surface area contributed by atoms with Crippen molar-refractivity contribution in [3.63, 3.8) is 0 Å². The van der Waals surface area contributed by atoms with E-state index in [9.17, 15) is 0 Å². The van der Waals surface area contributed by atoms with Crippen LogP contribution >= 0.6 is 0 Å². The molecule has 0 radical (unpaired) electrons. The number of hydrogen-bond acceptors (Lipinski definition) is 2. The summed E-state index contributed by atoms with van der Waals surface area (Å²) in [6, 6.07) is 0. The molecule has 0 spiro atoms. The molecule has 74 valence electrons. The Bertz CT molecular complexity index is 94.5. The Morgan fingerprint density at radius 1 is 1.08 bits per heavy atom. The molecule has 0 aromatic rings. The lowest BCUT2D eigenvalue weighted by Gasteiger charge is -2.09. The molecule has 0 aromatic carbocycles. The molecule has 0 saturated carbocycles. The molecule has 0 amide bonds. The average molecular weight is 193 g/mol. The van der Waals surface area contributed by atoms with Gasteiger partial charge in [-0.1, -0.05) is 13.8 Å². The maximum Gasteiger partial charge on any atom is 0.314 e. The van der Waals surface area contributed by atoms with Gasteiger partial charge in [-0.2, -0.15) is 0 Å². The molecule has 0 aromatic heterocycles. The lowest BCUT2D eigenvalue weighted by Crippen LogP contribution is -2.21. The van der Waals surface area contributed by atoms with Gasteiger partial charge in [0.25, 0.3) is 0 Å². The smallest absolute Gasteiger partial charge is 0.141 e. The van der Waals surface area contributed by atoms with Crippen LogP contribution in [-0.2, 0) is 19.8 Å². The summed E-state index contributed by atoms with van der Waals surface area (Å²) in [6.07, 6.45) is 2.53. The van der Waals surface area contributed by atoms with E-state index in [1.54, 1.807) is 0 Å². The Morgan fingerprint density at radius 2 is 1.67 bits per heavy atom. The monoisotopic (exact) mass is 193 g/mol. The van der Waals surface area contributed by atoms with Gasteiger partial charge in [-0.05, 0) is 26.7 Å². The second kappa shape index (κ2) is 7.90. The molecule has 0 rings (SSSR count). The minimum atomic E-state index is -0.261. The van der Waals surface area contributed by atoms with Crippen LogP contribution in [0.5, 0.6) is 0 Å². The fourth-order valence-corrected chi connectivity index (χ4v) is 2.08. The predicted octanol–water partition coefficient (Wildman–Crippen LogP) is 2.70. The van der Waals surface area contributed by atoms with Gasteiger partial charge in [-0.15, -0.1) is 8.37 Å². The van der Waals surface area contributed by atoms with Gasteiger partial charge < -0.3 is 0 Å². The first-order valence-corrected chi connectivity index (χ1v) is 6.04. The van der Waals surface area contributed by atoms with E-state index in [1.807, 2.05) is 6.92 Å². The average Bonchev–Trinajstić information content (AvgIpc) is 2.12. The van der Waals surface area contributed by atoms with Crippen LogP contribution in [0.25, 0.3) is 0 Å². The van der Waals surface area contributed by atoms with E-state index in [0.717, 1.165) is 25.2 Å². The van der Waals surface area contributed by atoms with Crippen molar-refractivity contribution < 1.29 is 8.37 Å². The Hall–Kier alpha value is 0.270. The third-order valence-electron chi connectivity index (χ3n) is 1.64. The molecule has 0 bridgehead atoms. The Kier molecular flexibility index (Phi) is 8.07. The second-order valence-electron chi connectivity index (χ2n) is 2.53. The maximum atomic E-state index is 5.74. The SMILES string of the molecule is CCO[S+](CC)OC(CC)CC. The van der Waals surface area contributed by atoms with E-state index in [2.05, 4.69) is 20.8 Å². The van der Waals surface area contributed by atoms with Crippen molar-refractivity contribution in [1.82, 2.24) is 0 Å². The lowest BCUT2D eigenvalue weighted by molar-refractivity contribution is 0.186. The van der Waals surface area contributed by atoms with Crippen LogP contribution in [0.4, 0.5) is 0 Å². The second-order valence-corrected chi connectivity index (χ2v) is 4.15. The van der Waals surface area contributed by atoms with Gasteiger partial charge in [0.15, 0.2) is 5.75 Å². The van der Waals surface area contributed by atoms with Gasteiger partial charge >= 0.3 is 11.5 Å². The third-order valence-corrected chi connectivity index (χ3v) is 3.10. The van der Waals surface area contributed by atoms with Crippen LogP contribution in [0.15, 0.2) is 0 Å². The Balaban J connectivity index is 3.65. The molecule has 0 saturated heterocycles. The molecular weight excluding hydrogens is 172 g/mol. The zero-order valence-electron chi connectivity index (χ0n) is 8.63. The summed E-state index contributed by atoms with van der Waals surface area (Å²) in [4.78, 5) is 0. The molecule has 2 nitrogen and oxygen atoms in total. The van der Waals surface area contributed by atoms with Gasteiger partial charge in [0.05, 0.1) is 0 Å². The summed E-state index contributed by atoms with van der Waals surface area (Å²) in [6.45, 7) is 9.15. The molecule has 12 heavy (non-hydrogen) atoms. The fourth-order valence-electron chi connectivity index (χ4n) is 0.887. The molecule has 0 heterocycles. The molecule has 0 aliphatic carbocycles. The standard InChI is InChI=1S/C9H21O2S/c1-5-9(6-2)11-12(8-4)10-7-3/h9H,5-8H2,1-4H3/q+1. The Morgan fingerprint density at radius 3 is 2.00 bits per heavy atom. The first kappa shape index (κ1) is 12.3. The molecule has 0 N–H and O–H groups in total. The summed E-state index contributed by atoms with van der Waals surface area (Å²) in [5.74, 6) is 0.963. The first-order valence-electron chi connectivity index (χ1n) is 4.79. The summed E-state index contributed by atoms with van der Waals surface area (Å²) < 4.78 is 11.2. The highest BCUT2D eigenvalue weighted by Gasteiger charge is 2.23. The van der Waals surface area contributed by atoms with Gasteiger partial charge in [0.2, 0.25) is 0 Å². The van der Waals surface area contributed by atoms with Crippen molar-refractivity contribution >= 4 is 11.5 Å². The van der Waals surface area contributed by atoms with Crippen LogP contribution in [0.2, 0.25) is 0 Å². The van der Waals surface area contributed by atoms with E-state index in [-0.39, 0.29) is 11.5 Å². The summed E-state index contributed by atoms with van der Waals surface area (Å²) in [5.41, 5.74) is 0. The maximum absolute atomic E-state index is 5.74. The minimum absolute atomic E-state index is 0.261. The molecule has 0 aliphatic rings. The van der Waals surface area contributed by atoms with Crippen LogP contribution in [0.1, 0.15) is 40.5 Å². The quantitative estimate of drug-likeness (QED) is 0.579. The highest BCUT2D eigenvalue weighted by Crippen LogP contribution is 2.11. The van der Waals surface area contributed by atoms with Crippen molar-refractivity contribution in [2.75, 3.05) is 12.4 Å². The van der Waals surface area contributed by atoms with Crippen LogP contribution in [-0.4, -0.2) is 18.5 Å². The highest BCUT2D eigenvalue weighted by molar-refractivity contribution is 7.87. The van der Waals surface area contributed by atoms with E-state index in [1.165, 1.54) is 0 Å². The molecule has 1 atom stereocenters. The van der Waals surface area contributed by atoms with Crippen molar-refractivity contribution in [2.45, 2.75) is 46.6 Å². The summed E-state index contributed by atoms with van der Waals surface area (Å²) >= 11 is -0.261. The summed E-state index contributed by atoms with van der Waals surface area (Å²) in [5, 5.41) is 0. The third kappa shape index (κ3) is 5.01. The van der Waals surface area contributed by atoms with E-state index in [4.69, 9.17) is 8.37 Å². The molecule has 0 fully saturated rings. The van der Waals surface area contributed by atoms with Gasteiger partial charge in [-0.25, -0.2) is 0 Å². The first-order chi connectivity index (χ1) is 5.78. The van der Waals surface area contributed by atoms with Gasteiger partial charge in [-0.3, -0.25) is 0 Å². The van der Waals surface area contributed by atoms with Crippen LogP contribution in [0, 0.1) is 0 Å². The van der Waals surface area contributed by atoms with E-state index >= 15 is 0 Å². The molecular formula is C9H21O2S+. The molecule has 0 aliphatic heterocycles. The zero-order valence-corrected chi connectivity index (χ0v) is 9.45. The number of hydrogen-bond donors (Lipinski definition) is 0. The van der Waals surface area contributed by atoms with Crippen molar-refractivity contribution in [2.24, 2.45) is 0 Å². The zero-order chi connectivity index (χ0) is 9.40. The Labute approximate surface area is 79.4 Å². The predicted molar refractivity (Wildman–Crippen MR) is 55.0 cm³/mol. The van der Waals surface area contributed by atoms with Gasteiger partial charge in [0.1, 0.15) is 12.7 Å². The van der Waals surface area contributed by atoms with Crippen molar-refractivity contribution in [3.8, 4) is 0 Å². The fraction of sp³-hybridized carbons (Fsp3) is 1.00. The molecule has 3 heteroatoms. The normalized spacial score (nSPS) is 13.8. The lowest BCUT2D eigenvalue weighted by atomic mass is 10.2. The topological polar surface area (TPSA) is 18.5 Å². The molecule has 1 unspecified atom stereocenters. The van der Waals surface area contributed by atoms with Crippen LogP contribution in [0.3, 0.4) is 0 Å². The van der Waals surface area contributed by atoms with Gasteiger partial charge in [0, 0.05) is 0 Å². The summed E-state index contributed by atoms with van der Waals surface area (Å²) in [7, 11) is 0. The van der Waals surface area contributed by atoms with E-state index in [0.29, 0.717) is 6.10 Å². The number of rotatable bonds is 7. The largest absolute Gasteiger partial charge is 0.314 e.